The summed E-state index contributed by atoms with van der Waals surface area (Å²) in [6.07, 6.45) is 8.71. The van der Waals surface area contributed by atoms with Crippen molar-refractivity contribution in [2.45, 2.75) is 81.1 Å². The molecule has 0 aromatic heterocycles. The summed E-state index contributed by atoms with van der Waals surface area (Å²) < 4.78 is 32.3. The Balaban J connectivity index is 1.58. The lowest BCUT2D eigenvalue weighted by molar-refractivity contribution is -0.152. The van der Waals surface area contributed by atoms with Gasteiger partial charge in [-0.25, -0.2) is 13.2 Å². The van der Waals surface area contributed by atoms with Crippen LogP contribution in [0.5, 0.6) is 0 Å². The summed E-state index contributed by atoms with van der Waals surface area (Å²) >= 11 is 0. The van der Waals surface area contributed by atoms with Gasteiger partial charge in [-0.15, -0.1) is 0 Å². The average molecular weight is 451 g/mol. The highest BCUT2D eigenvalue weighted by molar-refractivity contribution is 7.89. The van der Waals surface area contributed by atoms with E-state index in [4.69, 9.17) is 4.74 Å². The molecule has 1 aromatic rings. The molecule has 1 amide bonds. The molecule has 31 heavy (non-hydrogen) atoms. The second-order valence-corrected chi connectivity index (χ2v) is 10.6. The quantitative estimate of drug-likeness (QED) is 0.644. The van der Waals surface area contributed by atoms with Crippen molar-refractivity contribution >= 4 is 21.9 Å². The van der Waals surface area contributed by atoms with Crippen molar-refractivity contribution in [1.29, 1.82) is 0 Å². The summed E-state index contributed by atoms with van der Waals surface area (Å²) in [5.74, 6) is -0.558. The lowest BCUT2D eigenvalue weighted by Crippen LogP contribution is -2.56. The zero-order valence-corrected chi connectivity index (χ0v) is 19.2. The first-order chi connectivity index (χ1) is 14.9. The Morgan fingerprint density at radius 1 is 0.968 bits per heavy atom. The molecule has 1 saturated heterocycles. The highest BCUT2D eigenvalue weighted by atomic mass is 32.2. The average Bonchev–Trinajstić information content (AvgIpc) is 3.08. The van der Waals surface area contributed by atoms with Gasteiger partial charge in [0.2, 0.25) is 15.9 Å². The maximum Gasteiger partial charge on any atom is 0.331 e. The van der Waals surface area contributed by atoms with Gasteiger partial charge in [-0.3, -0.25) is 4.79 Å². The molecule has 3 rings (SSSR count). The molecule has 1 aliphatic carbocycles. The molecule has 2 fully saturated rings. The van der Waals surface area contributed by atoms with Crippen LogP contribution in [0.25, 0.3) is 0 Å². The normalized spacial score (nSPS) is 19.9. The van der Waals surface area contributed by atoms with Gasteiger partial charge in [0, 0.05) is 19.5 Å². The summed E-state index contributed by atoms with van der Waals surface area (Å²) in [6, 6.07) is 6.80. The molecule has 8 heteroatoms. The number of amides is 1. The zero-order chi connectivity index (χ0) is 22.3. The summed E-state index contributed by atoms with van der Waals surface area (Å²) in [7, 11) is -2.12. The largest absolute Gasteiger partial charge is 0.467 e. The van der Waals surface area contributed by atoms with Gasteiger partial charge in [0.25, 0.3) is 0 Å². The van der Waals surface area contributed by atoms with Gasteiger partial charge in [-0.1, -0.05) is 44.2 Å². The Morgan fingerprint density at radius 2 is 1.55 bits per heavy atom. The molecule has 1 saturated carbocycles. The molecule has 0 spiro atoms. The fourth-order valence-corrected chi connectivity index (χ4v) is 6.09. The first-order valence-corrected chi connectivity index (χ1v) is 12.8. The van der Waals surface area contributed by atoms with E-state index in [1.807, 2.05) is 0 Å². The number of esters is 1. The standard InChI is InChI=1S/C23H34N2O5S/c1-30-22(27)23(15-5-4-6-16-23)24-21(26)14-11-19-9-12-20(13-10-19)31(28,29)25-17-7-2-3-8-18-25/h9-10,12-13H,2-8,11,14-18H2,1H3,(H,24,26). The molecule has 1 N–H and O–H groups in total. The van der Waals surface area contributed by atoms with Crippen LogP contribution in [0.3, 0.4) is 0 Å². The maximum absolute atomic E-state index is 12.9. The lowest BCUT2D eigenvalue weighted by atomic mass is 9.81. The predicted octanol–water partition coefficient (Wildman–Crippen LogP) is 3.18. The van der Waals surface area contributed by atoms with Crippen molar-refractivity contribution in [1.82, 2.24) is 9.62 Å². The van der Waals surface area contributed by atoms with Crippen LogP contribution in [0, 0.1) is 0 Å². The van der Waals surface area contributed by atoms with E-state index in [0.29, 0.717) is 37.2 Å². The number of carbonyl (C=O) groups excluding carboxylic acids is 2. The van der Waals surface area contributed by atoms with E-state index in [1.54, 1.807) is 28.6 Å². The molecular formula is C23H34N2O5S. The van der Waals surface area contributed by atoms with Crippen LogP contribution in [0.1, 0.15) is 69.8 Å². The smallest absolute Gasteiger partial charge is 0.331 e. The molecular weight excluding hydrogens is 416 g/mol. The van der Waals surface area contributed by atoms with Gasteiger partial charge >= 0.3 is 5.97 Å². The Morgan fingerprint density at radius 3 is 2.13 bits per heavy atom. The third-order valence-corrected chi connectivity index (χ3v) is 8.34. The number of hydrogen-bond donors (Lipinski definition) is 1. The third-order valence-electron chi connectivity index (χ3n) is 6.43. The first-order valence-electron chi connectivity index (χ1n) is 11.4. The molecule has 0 unspecified atom stereocenters. The van der Waals surface area contributed by atoms with Crippen LogP contribution in [0.15, 0.2) is 29.2 Å². The number of nitrogens with zero attached hydrogens (tertiary/aromatic N) is 1. The minimum Gasteiger partial charge on any atom is -0.467 e. The molecule has 1 aromatic carbocycles. The van der Waals surface area contributed by atoms with Crippen molar-refractivity contribution in [3.63, 3.8) is 0 Å². The number of aryl methyl sites for hydroxylation is 1. The Labute approximate surface area is 185 Å². The number of sulfonamides is 1. The molecule has 2 aliphatic rings. The Bertz CT molecular complexity index is 852. The van der Waals surface area contributed by atoms with E-state index in [1.165, 1.54) is 7.11 Å². The van der Waals surface area contributed by atoms with Crippen LogP contribution in [-0.2, 0) is 30.8 Å². The number of hydrogen-bond acceptors (Lipinski definition) is 5. The van der Waals surface area contributed by atoms with Crippen molar-refractivity contribution in [3.05, 3.63) is 29.8 Å². The topological polar surface area (TPSA) is 92.8 Å². The highest BCUT2D eigenvalue weighted by Crippen LogP contribution is 2.29. The summed E-state index contributed by atoms with van der Waals surface area (Å²) in [6.45, 7) is 1.15. The van der Waals surface area contributed by atoms with Crippen LogP contribution >= 0.6 is 0 Å². The van der Waals surface area contributed by atoms with E-state index >= 15 is 0 Å². The van der Waals surface area contributed by atoms with E-state index < -0.39 is 15.6 Å². The zero-order valence-electron chi connectivity index (χ0n) is 18.4. The molecule has 1 aliphatic heterocycles. The lowest BCUT2D eigenvalue weighted by Gasteiger charge is -2.35. The minimum atomic E-state index is -3.47. The predicted molar refractivity (Wildman–Crippen MR) is 118 cm³/mol. The number of rotatable bonds is 7. The van der Waals surface area contributed by atoms with Crippen LogP contribution in [-0.4, -0.2) is 50.3 Å². The van der Waals surface area contributed by atoms with E-state index in [-0.39, 0.29) is 18.3 Å². The molecule has 0 radical (unpaired) electrons. The fourth-order valence-electron chi connectivity index (χ4n) is 4.58. The van der Waals surface area contributed by atoms with E-state index in [2.05, 4.69) is 5.32 Å². The second-order valence-electron chi connectivity index (χ2n) is 8.64. The summed E-state index contributed by atoms with van der Waals surface area (Å²) in [5.41, 5.74) is -0.0180. The first kappa shape index (κ1) is 23.7. The van der Waals surface area contributed by atoms with Gasteiger partial charge in [-0.2, -0.15) is 4.31 Å². The van der Waals surface area contributed by atoms with E-state index in [0.717, 1.165) is 50.5 Å². The Hall–Kier alpha value is -1.93. The monoisotopic (exact) mass is 450 g/mol. The molecule has 0 bridgehead atoms. The van der Waals surface area contributed by atoms with Crippen molar-refractivity contribution < 1.29 is 22.7 Å². The Kier molecular flexibility index (Phi) is 8.11. The van der Waals surface area contributed by atoms with Gasteiger partial charge in [-0.05, 0) is 49.8 Å². The summed E-state index contributed by atoms with van der Waals surface area (Å²) in [4.78, 5) is 25.1. The molecule has 172 valence electrons. The van der Waals surface area contributed by atoms with Crippen molar-refractivity contribution in [2.24, 2.45) is 0 Å². The SMILES string of the molecule is COC(=O)C1(NC(=O)CCc2ccc(S(=O)(=O)N3CCCCCC3)cc2)CCCCC1. The van der Waals surface area contributed by atoms with Gasteiger partial charge in [0.05, 0.1) is 12.0 Å². The maximum atomic E-state index is 12.9. The van der Waals surface area contributed by atoms with Gasteiger partial charge in [0.1, 0.15) is 5.54 Å². The van der Waals surface area contributed by atoms with Gasteiger partial charge < -0.3 is 10.1 Å². The van der Waals surface area contributed by atoms with Crippen molar-refractivity contribution in [3.8, 4) is 0 Å². The summed E-state index contributed by atoms with van der Waals surface area (Å²) in [5, 5.41) is 2.92. The van der Waals surface area contributed by atoms with Crippen LogP contribution in [0.4, 0.5) is 0 Å². The van der Waals surface area contributed by atoms with Crippen LogP contribution in [0.2, 0.25) is 0 Å². The number of nitrogens with one attached hydrogen (secondary N) is 1. The van der Waals surface area contributed by atoms with Gasteiger partial charge in [0.15, 0.2) is 0 Å². The molecule has 0 atom stereocenters. The molecule has 7 nitrogen and oxygen atoms in total. The second kappa shape index (κ2) is 10.6. The van der Waals surface area contributed by atoms with E-state index in [9.17, 15) is 18.0 Å². The number of carbonyl (C=O) groups is 2. The third kappa shape index (κ3) is 5.86. The number of ether oxygens (including phenoxy) is 1. The highest BCUT2D eigenvalue weighted by Gasteiger charge is 2.41. The van der Waals surface area contributed by atoms with Crippen molar-refractivity contribution in [2.75, 3.05) is 20.2 Å². The minimum absolute atomic E-state index is 0.187. The number of methoxy groups -OCH3 is 1. The number of benzene rings is 1. The van der Waals surface area contributed by atoms with Crippen LogP contribution < -0.4 is 5.32 Å². The molecule has 1 heterocycles. The fraction of sp³-hybridized carbons (Fsp3) is 0.652.